The molecule has 2 saturated heterocycles. The first-order valence-electron chi connectivity index (χ1n) is 10.2. The van der Waals surface area contributed by atoms with Gasteiger partial charge in [0.15, 0.2) is 11.6 Å². The van der Waals surface area contributed by atoms with Crippen molar-refractivity contribution in [3.05, 3.63) is 36.4 Å². The number of hydrogen-bond acceptors (Lipinski definition) is 6. The monoisotopic (exact) mass is 369 g/mol. The van der Waals surface area contributed by atoms with Gasteiger partial charge in [-0.25, -0.2) is 9.97 Å². The van der Waals surface area contributed by atoms with Crippen LogP contribution < -0.4 is 0 Å². The van der Waals surface area contributed by atoms with Gasteiger partial charge in [-0.3, -0.25) is 9.80 Å². The van der Waals surface area contributed by atoms with Crippen LogP contribution in [0.5, 0.6) is 0 Å². The summed E-state index contributed by atoms with van der Waals surface area (Å²) in [5.74, 6) is 2.20. The summed E-state index contributed by atoms with van der Waals surface area (Å²) in [4.78, 5) is 16.6. The van der Waals surface area contributed by atoms with Gasteiger partial charge in [-0.05, 0) is 58.0 Å². The van der Waals surface area contributed by atoms with Crippen LogP contribution in [-0.4, -0.2) is 77.0 Å². The zero-order valence-corrected chi connectivity index (χ0v) is 16.5. The predicted octanol–water partition coefficient (Wildman–Crippen LogP) is 2.58. The molecular weight excluding hydrogens is 338 g/mol. The van der Waals surface area contributed by atoms with Crippen LogP contribution in [0, 0.1) is 5.92 Å². The summed E-state index contributed by atoms with van der Waals surface area (Å²) in [6.45, 7) is 10.6. The van der Waals surface area contributed by atoms with Crippen molar-refractivity contribution in [1.82, 2.24) is 24.7 Å². The number of likely N-dealkylation sites (N-methyl/N-ethyl adjacent to an activating group) is 1. The number of piperidine rings is 1. The number of nitrogens with zero attached hydrogens (tertiary/aromatic N) is 5. The number of hydrogen-bond donors (Lipinski definition) is 0. The van der Waals surface area contributed by atoms with Crippen molar-refractivity contribution in [3.8, 4) is 11.6 Å². The van der Waals surface area contributed by atoms with Gasteiger partial charge in [-0.1, -0.05) is 0 Å². The fraction of sp³-hybridized carbons (Fsp3) is 0.619. The highest BCUT2D eigenvalue weighted by molar-refractivity contribution is 5.45. The third-order valence-corrected chi connectivity index (χ3v) is 6.28. The van der Waals surface area contributed by atoms with E-state index in [1.54, 1.807) is 6.26 Å². The first kappa shape index (κ1) is 18.6. The molecule has 0 spiro atoms. The second-order valence-electron chi connectivity index (χ2n) is 8.09. The fourth-order valence-electron chi connectivity index (χ4n) is 4.35. The van der Waals surface area contributed by atoms with Crippen LogP contribution in [0.15, 0.2) is 35.2 Å². The molecule has 2 aliphatic heterocycles. The third kappa shape index (κ3) is 4.57. The van der Waals surface area contributed by atoms with Crippen LogP contribution in [0.4, 0.5) is 0 Å². The molecule has 2 fully saturated rings. The fourth-order valence-corrected chi connectivity index (χ4v) is 4.35. The van der Waals surface area contributed by atoms with E-state index < -0.39 is 0 Å². The van der Waals surface area contributed by atoms with Crippen LogP contribution in [-0.2, 0) is 6.54 Å². The lowest BCUT2D eigenvalue weighted by Crippen LogP contribution is -2.51. The van der Waals surface area contributed by atoms with Crippen molar-refractivity contribution in [2.75, 3.05) is 46.3 Å². The zero-order valence-electron chi connectivity index (χ0n) is 16.5. The molecule has 0 saturated carbocycles. The molecule has 2 aromatic heterocycles. The van der Waals surface area contributed by atoms with E-state index in [1.165, 1.54) is 57.7 Å². The van der Waals surface area contributed by atoms with Gasteiger partial charge in [0.05, 0.1) is 6.26 Å². The van der Waals surface area contributed by atoms with E-state index in [9.17, 15) is 0 Å². The van der Waals surface area contributed by atoms with Crippen molar-refractivity contribution >= 4 is 0 Å². The molecule has 27 heavy (non-hydrogen) atoms. The van der Waals surface area contributed by atoms with Crippen molar-refractivity contribution in [1.29, 1.82) is 0 Å². The highest BCUT2D eigenvalue weighted by Crippen LogP contribution is 2.25. The first-order valence-corrected chi connectivity index (χ1v) is 10.2. The molecule has 0 radical (unpaired) electrons. The minimum Gasteiger partial charge on any atom is -0.461 e. The summed E-state index contributed by atoms with van der Waals surface area (Å²) in [6.07, 6.45) is 8.10. The summed E-state index contributed by atoms with van der Waals surface area (Å²) < 4.78 is 5.36. The summed E-state index contributed by atoms with van der Waals surface area (Å²) in [5, 5.41) is 0. The van der Waals surface area contributed by atoms with Gasteiger partial charge in [-0.2, -0.15) is 0 Å². The topological polar surface area (TPSA) is 48.6 Å². The van der Waals surface area contributed by atoms with Crippen molar-refractivity contribution in [2.24, 2.45) is 5.92 Å². The summed E-state index contributed by atoms with van der Waals surface area (Å²) in [6, 6.07) is 4.46. The van der Waals surface area contributed by atoms with Gasteiger partial charge in [0.2, 0.25) is 0 Å². The molecule has 0 aliphatic carbocycles. The average molecular weight is 370 g/mol. The number of rotatable bonds is 5. The first-order chi connectivity index (χ1) is 13.2. The quantitative estimate of drug-likeness (QED) is 0.807. The zero-order chi connectivity index (χ0) is 18.6. The Bertz CT molecular complexity index is 686. The Labute approximate surface area is 162 Å². The largest absolute Gasteiger partial charge is 0.461 e. The standard InChI is InChI=1S/C21H31N5O/c1-17(26-11-9-24(2)10-12-26)19-5-7-25(8-6-19)16-18-14-22-21(23-15-18)20-4-3-13-27-20/h3-4,13-15,17,19H,5-12,16H2,1-2H3/t17-/m0/s1. The molecule has 4 heterocycles. The van der Waals surface area contributed by atoms with Crippen LogP contribution >= 0.6 is 0 Å². The molecule has 2 aromatic rings. The van der Waals surface area contributed by atoms with Crippen molar-refractivity contribution < 1.29 is 4.42 Å². The predicted molar refractivity (Wildman–Crippen MR) is 106 cm³/mol. The van der Waals surface area contributed by atoms with E-state index >= 15 is 0 Å². The van der Waals surface area contributed by atoms with Crippen LogP contribution in [0.2, 0.25) is 0 Å². The SMILES string of the molecule is C[C@@H](C1CCN(Cc2cnc(-c3ccco3)nc2)CC1)N1CCN(C)CC1. The summed E-state index contributed by atoms with van der Waals surface area (Å²) in [5.41, 5.74) is 1.18. The van der Waals surface area contributed by atoms with E-state index in [2.05, 4.69) is 38.6 Å². The van der Waals surface area contributed by atoms with Gasteiger partial charge in [-0.15, -0.1) is 0 Å². The molecule has 6 heteroatoms. The Kier molecular flexibility index (Phi) is 5.86. The maximum atomic E-state index is 5.36. The molecule has 0 N–H and O–H groups in total. The van der Waals surface area contributed by atoms with E-state index in [1.807, 2.05) is 24.5 Å². The van der Waals surface area contributed by atoms with Gasteiger partial charge in [0.1, 0.15) is 0 Å². The molecule has 146 valence electrons. The highest BCUT2D eigenvalue weighted by atomic mass is 16.3. The molecule has 6 nitrogen and oxygen atoms in total. The highest BCUT2D eigenvalue weighted by Gasteiger charge is 2.29. The van der Waals surface area contributed by atoms with Crippen LogP contribution in [0.1, 0.15) is 25.3 Å². The molecule has 2 aliphatic rings. The molecule has 0 amide bonds. The number of piperazine rings is 1. The normalized spacial score (nSPS) is 22.1. The lowest BCUT2D eigenvalue weighted by atomic mass is 9.89. The van der Waals surface area contributed by atoms with Crippen molar-refractivity contribution in [2.45, 2.75) is 32.4 Å². The van der Waals surface area contributed by atoms with Gasteiger partial charge in [0, 0.05) is 56.7 Å². The Morgan fingerprint density at radius 3 is 2.41 bits per heavy atom. The lowest BCUT2D eigenvalue weighted by molar-refractivity contribution is 0.0598. The third-order valence-electron chi connectivity index (χ3n) is 6.28. The molecule has 0 bridgehead atoms. The van der Waals surface area contributed by atoms with E-state index in [0.717, 1.165) is 18.2 Å². The van der Waals surface area contributed by atoms with Gasteiger partial charge >= 0.3 is 0 Å². The smallest absolute Gasteiger partial charge is 0.195 e. The second kappa shape index (κ2) is 8.50. The summed E-state index contributed by atoms with van der Waals surface area (Å²) >= 11 is 0. The minimum absolute atomic E-state index is 0.656. The molecule has 0 aromatic carbocycles. The molecule has 0 unspecified atom stereocenters. The maximum Gasteiger partial charge on any atom is 0.195 e. The number of likely N-dealkylation sites (tertiary alicyclic amines) is 1. The van der Waals surface area contributed by atoms with Crippen LogP contribution in [0.3, 0.4) is 0 Å². The van der Waals surface area contributed by atoms with Gasteiger partial charge < -0.3 is 9.32 Å². The van der Waals surface area contributed by atoms with Gasteiger partial charge in [0.25, 0.3) is 0 Å². The Morgan fingerprint density at radius 1 is 1.07 bits per heavy atom. The lowest BCUT2D eigenvalue weighted by Gasteiger charge is -2.42. The Morgan fingerprint density at radius 2 is 1.78 bits per heavy atom. The maximum absolute atomic E-state index is 5.36. The van der Waals surface area contributed by atoms with E-state index in [0.29, 0.717) is 11.9 Å². The minimum atomic E-state index is 0.656. The average Bonchev–Trinajstić information content (AvgIpc) is 3.24. The molecule has 4 rings (SSSR count). The number of furan rings is 1. The summed E-state index contributed by atoms with van der Waals surface area (Å²) in [7, 11) is 2.23. The van der Waals surface area contributed by atoms with E-state index in [-0.39, 0.29) is 0 Å². The van der Waals surface area contributed by atoms with E-state index in [4.69, 9.17) is 4.42 Å². The Hall–Kier alpha value is -1.76. The Balaban J connectivity index is 1.26. The molecule has 1 atom stereocenters. The van der Waals surface area contributed by atoms with Crippen LogP contribution in [0.25, 0.3) is 11.6 Å². The second-order valence-corrected chi connectivity index (χ2v) is 8.09. The van der Waals surface area contributed by atoms with Crippen molar-refractivity contribution in [3.63, 3.8) is 0 Å². The molecular formula is C21H31N5O. The number of aromatic nitrogens is 2.